The third-order valence-electron chi connectivity index (χ3n) is 6.54. The number of carbonyl (C=O) groups excluding carboxylic acids is 1. The molecule has 1 aliphatic carbocycles. The summed E-state index contributed by atoms with van der Waals surface area (Å²) >= 11 is 0. The van der Waals surface area contributed by atoms with E-state index in [1.807, 2.05) is 30.5 Å². The molecule has 0 spiro atoms. The minimum atomic E-state index is 0.123. The molecular formula is C27H27N5O2. The van der Waals surface area contributed by atoms with Crippen molar-refractivity contribution in [3.63, 3.8) is 0 Å². The Morgan fingerprint density at radius 2 is 1.88 bits per heavy atom. The molecule has 7 heteroatoms. The van der Waals surface area contributed by atoms with Crippen LogP contribution >= 0.6 is 0 Å². The lowest BCUT2D eigenvalue weighted by atomic mass is 10.0. The van der Waals surface area contributed by atoms with E-state index in [2.05, 4.69) is 38.8 Å². The highest BCUT2D eigenvalue weighted by atomic mass is 16.5. The second-order valence-corrected chi connectivity index (χ2v) is 9.13. The number of fused-ring (bicyclic) bond motifs is 1. The molecule has 3 heterocycles. The average Bonchev–Trinajstić information content (AvgIpc) is 3.65. The molecule has 1 atom stereocenters. The maximum absolute atomic E-state index is 12.0. The number of benzene rings is 2. The number of nitrogens with zero attached hydrogens (tertiary/aromatic N) is 2. The first kappa shape index (κ1) is 20.9. The zero-order chi connectivity index (χ0) is 22.9. The van der Waals surface area contributed by atoms with Crippen LogP contribution in [0.4, 0.5) is 5.69 Å². The molecular weight excluding hydrogens is 426 g/mol. The molecule has 34 heavy (non-hydrogen) atoms. The summed E-state index contributed by atoms with van der Waals surface area (Å²) in [5.41, 5.74) is 5.84. The van der Waals surface area contributed by atoms with Gasteiger partial charge in [-0.05, 0) is 67.6 Å². The van der Waals surface area contributed by atoms with Gasteiger partial charge in [0, 0.05) is 40.8 Å². The van der Waals surface area contributed by atoms with Crippen molar-refractivity contribution in [2.45, 2.75) is 31.8 Å². The van der Waals surface area contributed by atoms with E-state index in [0.29, 0.717) is 5.88 Å². The fourth-order valence-corrected chi connectivity index (χ4v) is 4.47. The van der Waals surface area contributed by atoms with Crippen LogP contribution in [0.15, 0.2) is 61.1 Å². The molecule has 2 aromatic carbocycles. The van der Waals surface area contributed by atoms with Gasteiger partial charge in [0.25, 0.3) is 0 Å². The Hall–Kier alpha value is -3.71. The largest absolute Gasteiger partial charge is 0.472 e. The molecule has 1 saturated carbocycles. The molecule has 2 fully saturated rings. The minimum Gasteiger partial charge on any atom is -0.472 e. The van der Waals surface area contributed by atoms with Crippen LogP contribution in [0.1, 0.15) is 25.7 Å². The van der Waals surface area contributed by atoms with E-state index in [9.17, 15) is 4.79 Å². The van der Waals surface area contributed by atoms with Crippen LogP contribution in [-0.4, -0.2) is 40.1 Å². The smallest absolute Gasteiger partial charge is 0.233 e. The number of amides is 1. The van der Waals surface area contributed by atoms with E-state index in [4.69, 9.17) is 9.72 Å². The summed E-state index contributed by atoms with van der Waals surface area (Å²) in [7, 11) is 0. The van der Waals surface area contributed by atoms with Crippen molar-refractivity contribution in [2.75, 3.05) is 18.4 Å². The van der Waals surface area contributed by atoms with Crippen molar-refractivity contribution in [1.29, 1.82) is 0 Å². The molecule has 1 unspecified atom stereocenters. The highest BCUT2D eigenvalue weighted by molar-refractivity contribution is 5.97. The van der Waals surface area contributed by atoms with Gasteiger partial charge in [0.1, 0.15) is 6.10 Å². The molecule has 1 amide bonds. The Balaban J connectivity index is 1.25. The lowest BCUT2D eigenvalue weighted by Gasteiger charge is -2.23. The zero-order valence-electron chi connectivity index (χ0n) is 18.9. The molecule has 2 aromatic heterocycles. The standard InChI is InChI=1S/C27H27N5O2/c33-27(18-3-4-18)31-20-8-5-17(6-9-20)19-7-10-24-22(12-19)23(14-30-24)25-15-29-16-26(32-25)34-21-2-1-11-28-13-21/h5-10,12,14-16,18,21,28,30H,1-4,11,13H2,(H,31,33). The van der Waals surface area contributed by atoms with Crippen LogP contribution in [-0.2, 0) is 4.79 Å². The molecule has 1 saturated heterocycles. The third kappa shape index (κ3) is 4.39. The molecule has 4 aromatic rings. The topological polar surface area (TPSA) is 91.9 Å². The van der Waals surface area contributed by atoms with Crippen molar-refractivity contribution in [3.05, 3.63) is 61.1 Å². The summed E-state index contributed by atoms with van der Waals surface area (Å²) in [6.07, 6.45) is 9.70. The van der Waals surface area contributed by atoms with Crippen LogP contribution in [0.25, 0.3) is 33.3 Å². The fraction of sp³-hybridized carbons (Fsp3) is 0.296. The van der Waals surface area contributed by atoms with Crippen molar-refractivity contribution < 1.29 is 9.53 Å². The first-order valence-electron chi connectivity index (χ1n) is 12.0. The molecule has 2 aliphatic rings. The number of aromatic nitrogens is 3. The van der Waals surface area contributed by atoms with E-state index in [1.165, 1.54) is 0 Å². The maximum Gasteiger partial charge on any atom is 0.233 e. The number of piperidine rings is 1. The van der Waals surface area contributed by atoms with Gasteiger partial charge in [0.05, 0.1) is 18.1 Å². The zero-order valence-corrected chi connectivity index (χ0v) is 18.9. The van der Waals surface area contributed by atoms with E-state index in [0.717, 1.165) is 77.7 Å². The lowest BCUT2D eigenvalue weighted by molar-refractivity contribution is -0.117. The maximum atomic E-state index is 12.0. The fourth-order valence-electron chi connectivity index (χ4n) is 4.47. The number of hydrogen-bond acceptors (Lipinski definition) is 5. The number of aromatic amines is 1. The van der Waals surface area contributed by atoms with Crippen LogP contribution in [0.2, 0.25) is 0 Å². The van der Waals surface area contributed by atoms with Crippen LogP contribution in [0, 0.1) is 5.92 Å². The molecule has 1 aliphatic heterocycles. The summed E-state index contributed by atoms with van der Waals surface area (Å²) in [6.45, 7) is 1.88. The minimum absolute atomic E-state index is 0.123. The van der Waals surface area contributed by atoms with Gasteiger partial charge in [0.2, 0.25) is 11.8 Å². The summed E-state index contributed by atoms with van der Waals surface area (Å²) in [6, 6.07) is 14.4. The predicted octanol–water partition coefficient (Wildman–Crippen LogP) is 4.77. The highest BCUT2D eigenvalue weighted by Gasteiger charge is 2.29. The van der Waals surface area contributed by atoms with Gasteiger partial charge in [-0.15, -0.1) is 0 Å². The average molecular weight is 454 g/mol. The molecule has 0 radical (unpaired) electrons. The van der Waals surface area contributed by atoms with Gasteiger partial charge in [0.15, 0.2) is 0 Å². The Labute approximate surface area is 198 Å². The van der Waals surface area contributed by atoms with Crippen molar-refractivity contribution in [3.8, 4) is 28.3 Å². The van der Waals surface area contributed by atoms with E-state index in [-0.39, 0.29) is 17.9 Å². The second-order valence-electron chi connectivity index (χ2n) is 9.13. The summed E-state index contributed by atoms with van der Waals surface area (Å²) in [5.74, 6) is 0.874. The number of H-pyrrole nitrogens is 1. The number of carbonyl (C=O) groups is 1. The molecule has 7 nitrogen and oxygen atoms in total. The van der Waals surface area contributed by atoms with Crippen molar-refractivity contribution >= 4 is 22.5 Å². The van der Waals surface area contributed by atoms with E-state index in [1.54, 1.807) is 12.4 Å². The number of hydrogen-bond donors (Lipinski definition) is 3. The van der Waals surface area contributed by atoms with Crippen LogP contribution < -0.4 is 15.4 Å². The number of ether oxygens (including phenoxy) is 1. The third-order valence-corrected chi connectivity index (χ3v) is 6.54. The number of nitrogens with one attached hydrogen (secondary N) is 3. The quantitative estimate of drug-likeness (QED) is 0.391. The lowest BCUT2D eigenvalue weighted by Crippen LogP contribution is -2.37. The molecule has 3 N–H and O–H groups in total. The monoisotopic (exact) mass is 453 g/mol. The Kier molecular flexibility index (Phi) is 5.47. The Morgan fingerprint density at radius 1 is 1.03 bits per heavy atom. The van der Waals surface area contributed by atoms with Gasteiger partial charge in [-0.3, -0.25) is 9.78 Å². The number of rotatable bonds is 6. The second kappa shape index (κ2) is 8.91. The Morgan fingerprint density at radius 3 is 2.68 bits per heavy atom. The first-order valence-corrected chi connectivity index (χ1v) is 12.0. The van der Waals surface area contributed by atoms with Gasteiger partial charge in [-0.25, -0.2) is 4.98 Å². The molecule has 0 bridgehead atoms. The van der Waals surface area contributed by atoms with E-state index >= 15 is 0 Å². The highest BCUT2D eigenvalue weighted by Crippen LogP contribution is 2.33. The van der Waals surface area contributed by atoms with Crippen molar-refractivity contribution in [1.82, 2.24) is 20.3 Å². The van der Waals surface area contributed by atoms with Gasteiger partial charge < -0.3 is 20.4 Å². The van der Waals surface area contributed by atoms with Crippen molar-refractivity contribution in [2.24, 2.45) is 5.92 Å². The predicted molar refractivity (Wildman–Crippen MR) is 133 cm³/mol. The Bertz CT molecular complexity index is 1320. The summed E-state index contributed by atoms with van der Waals surface area (Å²) < 4.78 is 6.08. The van der Waals surface area contributed by atoms with Crippen LogP contribution in [0.5, 0.6) is 5.88 Å². The SMILES string of the molecule is O=C(Nc1ccc(-c2ccc3[nH]cc(-c4cncc(OC5CCCNC5)n4)c3c2)cc1)C1CC1. The molecule has 172 valence electrons. The van der Waals surface area contributed by atoms with Gasteiger partial charge in [-0.2, -0.15) is 0 Å². The van der Waals surface area contributed by atoms with Crippen LogP contribution in [0.3, 0.4) is 0 Å². The summed E-state index contributed by atoms with van der Waals surface area (Å²) in [5, 5.41) is 7.44. The molecule has 6 rings (SSSR count). The number of anilines is 1. The van der Waals surface area contributed by atoms with Gasteiger partial charge >= 0.3 is 0 Å². The normalized spacial score (nSPS) is 18.1. The summed E-state index contributed by atoms with van der Waals surface area (Å²) in [4.78, 5) is 24.5. The first-order chi connectivity index (χ1) is 16.7. The van der Waals surface area contributed by atoms with Gasteiger partial charge in [-0.1, -0.05) is 18.2 Å². The van der Waals surface area contributed by atoms with E-state index < -0.39 is 0 Å².